The smallest absolute Gasteiger partial charge is 0.345 e. The van der Waals surface area contributed by atoms with E-state index < -0.39 is 12.0 Å². The number of carbonyl (C=O) groups excluding carboxylic acids is 1. The number of carboxylic acid groups (broad SMARTS) is 1. The van der Waals surface area contributed by atoms with Crippen molar-refractivity contribution in [1.29, 1.82) is 0 Å². The number of nitrogens with zero attached hydrogens (tertiary/aromatic N) is 2. The second kappa shape index (κ2) is 5.92. The number of aliphatic carboxylic acids is 1. The van der Waals surface area contributed by atoms with Gasteiger partial charge >= 0.3 is 12.0 Å². The molecule has 2 heterocycles. The van der Waals surface area contributed by atoms with Gasteiger partial charge in [-0.1, -0.05) is 31.4 Å². The fraction of sp³-hybridized carbons (Fsp3) is 0.429. The number of urea groups is 1. The highest BCUT2D eigenvalue weighted by atomic mass is 16.7. The molecule has 0 aromatic heterocycles. The van der Waals surface area contributed by atoms with Crippen molar-refractivity contribution in [2.75, 3.05) is 13.2 Å². The van der Waals surface area contributed by atoms with Crippen molar-refractivity contribution in [2.24, 2.45) is 0 Å². The highest BCUT2D eigenvalue weighted by Gasteiger charge is 2.47. The largest absolute Gasteiger partial charge is 0.480 e. The lowest BCUT2D eigenvalue weighted by molar-refractivity contribution is -0.142. The van der Waals surface area contributed by atoms with Gasteiger partial charge in [-0.25, -0.2) is 9.59 Å². The van der Waals surface area contributed by atoms with Gasteiger partial charge in [-0.05, 0) is 18.4 Å². The molecule has 0 radical (unpaired) electrons. The molecule has 0 aromatic carbocycles. The van der Waals surface area contributed by atoms with Crippen LogP contribution in [0.5, 0.6) is 0 Å². The van der Waals surface area contributed by atoms with Crippen molar-refractivity contribution in [3.05, 3.63) is 37.0 Å². The van der Waals surface area contributed by atoms with E-state index >= 15 is 0 Å². The Hall–Kier alpha value is -2.08. The molecule has 6 nitrogen and oxygen atoms in total. The number of hydrogen-bond donors (Lipinski definition) is 1. The maximum atomic E-state index is 12.2. The SMILES string of the molecule is C=C/C=C(\C=C)CON1C(=O)N2C[C@H]1CC[C@H]2C(=O)O. The van der Waals surface area contributed by atoms with E-state index in [1.165, 1.54) is 9.96 Å². The Bertz CT molecular complexity index is 472. The Kier molecular flexibility index (Phi) is 4.24. The maximum Gasteiger partial charge on any atom is 0.345 e. The molecule has 2 aliphatic rings. The molecule has 0 unspecified atom stereocenters. The average Bonchev–Trinajstić information content (AvgIpc) is 2.67. The topological polar surface area (TPSA) is 70.1 Å². The zero-order valence-corrected chi connectivity index (χ0v) is 11.2. The minimum atomic E-state index is -0.961. The lowest BCUT2D eigenvalue weighted by Crippen LogP contribution is -2.44. The van der Waals surface area contributed by atoms with E-state index in [0.717, 1.165) is 5.57 Å². The van der Waals surface area contributed by atoms with Gasteiger partial charge in [0.1, 0.15) is 12.6 Å². The summed E-state index contributed by atoms with van der Waals surface area (Å²) in [4.78, 5) is 30.2. The monoisotopic (exact) mass is 278 g/mol. The van der Waals surface area contributed by atoms with Gasteiger partial charge in [0.2, 0.25) is 0 Å². The Labute approximate surface area is 117 Å². The number of amides is 2. The van der Waals surface area contributed by atoms with Gasteiger partial charge < -0.3 is 10.0 Å². The van der Waals surface area contributed by atoms with Gasteiger partial charge in [-0.3, -0.25) is 4.84 Å². The van der Waals surface area contributed by atoms with Crippen LogP contribution in [0.1, 0.15) is 12.8 Å². The van der Waals surface area contributed by atoms with Crippen LogP contribution in [0.25, 0.3) is 0 Å². The summed E-state index contributed by atoms with van der Waals surface area (Å²) in [6.07, 6.45) is 6.10. The van der Waals surface area contributed by atoms with Gasteiger partial charge in [0.15, 0.2) is 0 Å². The number of hydrogen-bond acceptors (Lipinski definition) is 3. The third-order valence-corrected chi connectivity index (χ3v) is 3.57. The molecule has 2 saturated heterocycles. The first-order valence-corrected chi connectivity index (χ1v) is 6.48. The highest BCUT2D eigenvalue weighted by Crippen LogP contribution is 2.30. The standard InChI is InChI=1S/C14H18N2O4/c1-3-5-10(4-2)9-20-16-11-6-7-12(13(17)18)15(8-11)14(16)19/h3-5,11-12H,1-2,6-9H2,(H,17,18)/b10-5+/t11-,12+/m1/s1. The number of piperidine rings is 1. The summed E-state index contributed by atoms with van der Waals surface area (Å²) < 4.78 is 0. The number of allylic oxidation sites excluding steroid dienone is 2. The first kappa shape index (κ1) is 14.3. The van der Waals surface area contributed by atoms with E-state index in [2.05, 4.69) is 13.2 Å². The van der Waals surface area contributed by atoms with E-state index in [1.54, 1.807) is 18.2 Å². The molecule has 0 spiro atoms. The molecule has 1 N–H and O–H groups in total. The second-order valence-electron chi connectivity index (χ2n) is 4.80. The molecule has 20 heavy (non-hydrogen) atoms. The maximum absolute atomic E-state index is 12.2. The van der Waals surface area contributed by atoms with Crippen LogP contribution in [-0.4, -0.2) is 52.3 Å². The molecule has 2 amide bonds. The van der Waals surface area contributed by atoms with Crippen molar-refractivity contribution in [3.8, 4) is 0 Å². The van der Waals surface area contributed by atoms with Gasteiger partial charge in [0, 0.05) is 6.54 Å². The van der Waals surface area contributed by atoms with Crippen LogP contribution in [0.4, 0.5) is 4.79 Å². The number of carbonyl (C=O) groups is 2. The van der Waals surface area contributed by atoms with Crippen LogP contribution in [0.15, 0.2) is 37.0 Å². The molecular weight excluding hydrogens is 260 g/mol. The summed E-state index contributed by atoms with van der Waals surface area (Å²) in [5.41, 5.74) is 0.805. The molecule has 0 aromatic rings. The molecule has 2 atom stereocenters. The third-order valence-electron chi connectivity index (χ3n) is 3.57. The summed E-state index contributed by atoms with van der Waals surface area (Å²) in [6, 6.07) is -1.19. The van der Waals surface area contributed by atoms with Gasteiger partial charge in [-0.15, -0.1) is 0 Å². The van der Waals surface area contributed by atoms with Crippen molar-refractivity contribution < 1.29 is 19.5 Å². The summed E-state index contributed by atoms with van der Waals surface area (Å²) in [5, 5.41) is 10.4. The minimum absolute atomic E-state index is 0.0760. The summed E-state index contributed by atoms with van der Waals surface area (Å²) in [5.74, 6) is -0.961. The molecule has 0 saturated carbocycles. The van der Waals surface area contributed by atoms with E-state index in [0.29, 0.717) is 19.4 Å². The average molecular weight is 278 g/mol. The summed E-state index contributed by atoms with van der Waals surface area (Å²) >= 11 is 0. The second-order valence-corrected chi connectivity index (χ2v) is 4.80. The molecular formula is C14H18N2O4. The Morgan fingerprint density at radius 2 is 2.20 bits per heavy atom. The predicted octanol–water partition coefficient (Wildman–Crippen LogP) is 1.57. The summed E-state index contributed by atoms with van der Waals surface area (Å²) in [6.45, 7) is 7.87. The number of fused-ring (bicyclic) bond motifs is 2. The Morgan fingerprint density at radius 3 is 2.80 bits per heavy atom. The molecule has 108 valence electrons. The Morgan fingerprint density at radius 1 is 1.45 bits per heavy atom. The number of hydroxylamine groups is 2. The number of rotatable bonds is 6. The molecule has 2 bridgehead atoms. The normalized spacial score (nSPS) is 25.8. The van der Waals surface area contributed by atoms with Crippen LogP contribution >= 0.6 is 0 Å². The van der Waals surface area contributed by atoms with E-state index in [4.69, 9.17) is 9.94 Å². The highest BCUT2D eigenvalue weighted by molar-refractivity contribution is 5.84. The molecule has 2 aliphatic heterocycles. The fourth-order valence-corrected chi connectivity index (χ4v) is 2.53. The predicted molar refractivity (Wildman–Crippen MR) is 72.8 cm³/mol. The fourth-order valence-electron chi connectivity index (χ4n) is 2.53. The van der Waals surface area contributed by atoms with Crippen LogP contribution in [0.2, 0.25) is 0 Å². The van der Waals surface area contributed by atoms with Crippen molar-refractivity contribution >= 4 is 12.0 Å². The lowest BCUT2D eigenvalue weighted by atomic mass is 10.0. The summed E-state index contributed by atoms with van der Waals surface area (Å²) in [7, 11) is 0. The zero-order chi connectivity index (χ0) is 14.7. The first-order valence-electron chi connectivity index (χ1n) is 6.48. The van der Waals surface area contributed by atoms with Crippen molar-refractivity contribution in [2.45, 2.75) is 24.9 Å². The van der Waals surface area contributed by atoms with Crippen molar-refractivity contribution in [1.82, 2.24) is 9.96 Å². The first-order chi connectivity index (χ1) is 9.58. The van der Waals surface area contributed by atoms with Crippen LogP contribution in [0, 0.1) is 0 Å². The Balaban J connectivity index is 2.02. The number of carboxylic acids is 1. The zero-order valence-electron chi connectivity index (χ0n) is 11.2. The van der Waals surface area contributed by atoms with E-state index in [-0.39, 0.29) is 18.7 Å². The molecule has 0 aliphatic carbocycles. The molecule has 2 rings (SSSR count). The lowest BCUT2D eigenvalue weighted by Gasteiger charge is -2.26. The molecule has 2 fully saturated rings. The van der Waals surface area contributed by atoms with E-state index in [1.807, 2.05) is 0 Å². The van der Waals surface area contributed by atoms with E-state index in [9.17, 15) is 9.59 Å². The quantitative estimate of drug-likeness (QED) is 0.749. The van der Waals surface area contributed by atoms with Gasteiger partial charge in [0.25, 0.3) is 0 Å². The van der Waals surface area contributed by atoms with Crippen molar-refractivity contribution in [3.63, 3.8) is 0 Å². The van der Waals surface area contributed by atoms with Crippen LogP contribution in [0.3, 0.4) is 0 Å². The van der Waals surface area contributed by atoms with Gasteiger partial charge in [0.05, 0.1) is 6.04 Å². The third kappa shape index (κ3) is 2.60. The minimum Gasteiger partial charge on any atom is -0.480 e. The molecule has 6 heteroatoms. The van der Waals surface area contributed by atoms with Crippen LogP contribution in [-0.2, 0) is 9.63 Å². The van der Waals surface area contributed by atoms with Gasteiger partial charge in [-0.2, -0.15) is 5.06 Å². The van der Waals surface area contributed by atoms with Crippen LogP contribution < -0.4 is 0 Å².